The summed E-state index contributed by atoms with van der Waals surface area (Å²) in [6, 6.07) is 13.3. The fourth-order valence-electron chi connectivity index (χ4n) is 4.48. The molecule has 0 saturated carbocycles. The summed E-state index contributed by atoms with van der Waals surface area (Å²) in [5, 5.41) is 1.08. The molecule has 4 rings (SSSR count). The summed E-state index contributed by atoms with van der Waals surface area (Å²) in [5.74, 6) is -0.983. The fourth-order valence-corrected chi connectivity index (χ4v) is 5.30. The number of halogens is 2. The summed E-state index contributed by atoms with van der Waals surface area (Å²) in [7, 11) is -4.08. The van der Waals surface area contributed by atoms with E-state index in [0.29, 0.717) is 38.8 Å². The van der Waals surface area contributed by atoms with E-state index in [9.17, 15) is 18.0 Å². The molecule has 184 valence electrons. The van der Waals surface area contributed by atoms with Gasteiger partial charge in [-0.2, -0.15) is 8.42 Å². The quantitative estimate of drug-likeness (QED) is 0.409. The van der Waals surface area contributed by atoms with E-state index < -0.39 is 16.2 Å². The van der Waals surface area contributed by atoms with Crippen LogP contribution in [0.5, 0.6) is 0 Å². The second kappa shape index (κ2) is 10.2. The number of unbranched alkanes of at least 4 members (excludes halogenated alkanes) is 1. The number of rotatable bonds is 7. The number of Topliss-reactive ketones (excluding diaryl/α,β-unsaturated/α-hetero) is 1. The molecule has 1 aliphatic heterocycles. The summed E-state index contributed by atoms with van der Waals surface area (Å²) >= 11 is 12.1. The molecule has 1 amide bonds. The van der Waals surface area contributed by atoms with Crippen LogP contribution in [0.25, 0.3) is 11.1 Å². The van der Waals surface area contributed by atoms with Gasteiger partial charge >= 0.3 is 0 Å². The van der Waals surface area contributed by atoms with Gasteiger partial charge in [0.15, 0.2) is 5.78 Å². The first-order valence-electron chi connectivity index (χ1n) is 11.1. The first kappa shape index (κ1) is 25.6. The van der Waals surface area contributed by atoms with Crippen LogP contribution in [0.2, 0.25) is 10.0 Å². The molecule has 0 spiro atoms. The van der Waals surface area contributed by atoms with Crippen LogP contribution in [0, 0.1) is 0 Å². The first-order chi connectivity index (χ1) is 16.5. The molecule has 7 nitrogen and oxygen atoms in total. The van der Waals surface area contributed by atoms with Crippen LogP contribution in [0.15, 0.2) is 59.7 Å². The van der Waals surface area contributed by atoms with E-state index in [-0.39, 0.29) is 43.4 Å². The van der Waals surface area contributed by atoms with Gasteiger partial charge in [-0.05, 0) is 65.8 Å². The zero-order valence-corrected chi connectivity index (χ0v) is 21.0. The van der Waals surface area contributed by atoms with Gasteiger partial charge in [0.2, 0.25) is 0 Å². The van der Waals surface area contributed by atoms with Crippen LogP contribution in [0.1, 0.15) is 30.4 Å². The molecule has 2 aromatic carbocycles. The number of nitrogens with zero attached hydrogens (tertiary/aromatic N) is 1. The molecule has 0 aromatic heterocycles. The van der Waals surface area contributed by atoms with Crippen molar-refractivity contribution < 1.29 is 22.6 Å². The predicted octanol–water partition coefficient (Wildman–Crippen LogP) is 4.01. The third-order valence-corrected chi connectivity index (χ3v) is 7.49. The molecule has 1 aliphatic carbocycles. The van der Waals surface area contributed by atoms with Crippen molar-refractivity contribution in [3.05, 3.63) is 80.8 Å². The van der Waals surface area contributed by atoms with Gasteiger partial charge in [0.25, 0.3) is 16.0 Å². The maximum atomic E-state index is 13.7. The summed E-state index contributed by atoms with van der Waals surface area (Å²) in [4.78, 5) is 28.6. The van der Waals surface area contributed by atoms with Gasteiger partial charge < -0.3 is 10.6 Å². The molecule has 0 saturated heterocycles. The molecule has 3 N–H and O–H groups in total. The van der Waals surface area contributed by atoms with E-state index in [2.05, 4.69) is 0 Å². The zero-order valence-electron chi connectivity index (χ0n) is 18.7. The first-order valence-corrected chi connectivity index (χ1v) is 13.4. The Labute approximate surface area is 213 Å². The maximum absolute atomic E-state index is 13.7. The Bertz CT molecular complexity index is 1330. The summed E-state index contributed by atoms with van der Waals surface area (Å²) in [5.41, 5.74) is 9.71. The van der Waals surface area contributed by atoms with Crippen molar-refractivity contribution in [2.75, 3.05) is 18.8 Å². The highest BCUT2D eigenvalue weighted by Gasteiger charge is 2.41. The minimum Gasteiger partial charge on any atom is -0.334 e. The summed E-state index contributed by atoms with van der Waals surface area (Å²) < 4.78 is 31.2. The second-order valence-corrected chi connectivity index (χ2v) is 11.1. The lowest BCUT2D eigenvalue weighted by molar-refractivity contribution is -0.128. The monoisotopic (exact) mass is 534 g/mol. The molecule has 2 aliphatic rings. The van der Waals surface area contributed by atoms with E-state index in [1.54, 1.807) is 53.4 Å². The lowest BCUT2D eigenvalue weighted by atomic mass is 9.75. The number of hydrogen-bond donors (Lipinski definition) is 2. The molecular weight excluding hydrogens is 511 g/mol. The van der Waals surface area contributed by atoms with Gasteiger partial charge in [0.05, 0.1) is 17.4 Å². The van der Waals surface area contributed by atoms with E-state index in [1.165, 1.54) is 0 Å². The van der Waals surface area contributed by atoms with Crippen LogP contribution in [-0.2, 0) is 19.7 Å². The molecule has 0 radical (unpaired) electrons. The number of carbonyl (C=O) groups is 2. The smallest absolute Gasteiger partial charge is 0.264 e. The average Bonchev–Trinajstić information content (AvgIpc) is 2.80. The minimum absolute atomic E-state index is 0.164. The van der Waals surface area contributed by atoms with Crippen molar-refractivity contribution in [2.24, 2.45) is 5.73 Å². The third-order valence-electron chi connectivity index (χ3n) is 6.18. The Hall–Kier alpha value is -2.49. The molecule has 0 bridgehead atoms. The summed E-state index contributed by atoms with van der Waals surface area (Å²) in [6.07, 6.45) is 0.768. The van der Waals surface area contributed by atoms with E-state index in [1.807, 2.05) is 0 Å². The van der Waals surface area contributed by atoms with Crippen LogP contribution >= 0.6 is 23.2 Å². The van der Waals surface area contributed by atoms with Crippen molar-refractivity contribution >= 4 is 56.2 Å². The number of ketones is 1. The SMILES string of the molecule is N[C@H]1CC(c2ccc(Cl)cc2)=C2C(=O)N(CCCCS(=O)(=O)O)CC(c3ccc(Cl)cc3)=C2C1=O. The lowest BCUT2D eigenvalue weighted by Gasteiger charge is -2.37. The maximum Gasteiger partial charge on any atom is 0.264 e. The van der Waals surface area contributed by atoms with Crippen molar-refractivity contribution in [2.45, 2.75) is 25.3 Å². The Morgan fingerprint density at radius 1 is 0.886 bits per heavy atom. The normalized spacial score (nSPS) is 18.9. The predicted molar refractivity (Wildman–Crippen MR) is 137 cm³/mol. The molecular formula is C25H24Cl2N2O5S. The standard InChI is InChI=1S/C25H24Cl2N2O5S/c26-17-7-3-15(4-8-17)19-13-21(28)24(30)22-20(16-5-9-18(27)10-6-16)14-29(25(31)23(19)22)11-1-2-12-35(32,33)34/h3-10,21H,1-2,11-14,28H2,(H,32,33,34)/t21-/m0/s1. The molecule has 1 atom stereocenters. The highest BCUT2D eigenvalue weighted by Crippen LogP contribution is 2.41. The molecule has 0 fully saturated rings. The number of carbonyl (C=O) groups excluding carboxylic acids is 2. The van der Waals surface area contributed by atoms with E-state index in [4.69, 9.17) is 33.5 Å². The van der Waals surface area contributed by atoms with Crippen LogP contribution < -0.4 is 5.73 Å². The largest absolute Gasteiger partial charge is 0.334 e. The molecule has 1 heterocycles. The van der Waals surface area contributed by atoms with Gasteiger partial charge in [-0.15, -0.1) is 0 Å². The van der Waals surface area contributed by atoms with Crippen molar-refractivity contribution in [3.8, 4) is 0 Å². The van der Waals surface area contributed by atoms with Crippen molar-refractivity contribution in [1.29, 1.82) is 0 Å². The number of hydrogen-bond acceptors (Lipinski definition) is 5. The topological polar surface area (TPSA) is 118 Å². The number of nitrogens with two attached hydrogens (primary N) is 1. The lowest BCUT2D eigenvalue weighted by Crippen LogP contribution is -2.46. The second-order valence-electron chi connectivity index (χ2n) is 8.62. The van der Waals surface area contributed by atoms with Gasteiger partial charge in [-0.3, -0.25) is 14.1 Å². The highest BCUT2D eigenvalue weighted by molar-refractivity contribution is 7.85. The van der Waals surface area contributed by atoms with Gasteiger partial charge in [-0.25, -0.2) is 0 Å². The third kappa shape index (κ3) is 5.68. The number of benzene rings is 2. The number of fused-ring (bicyclic) bond motifs is 1. The zero-order chi connectivity index (χ0) is 25.3. The van der Waals surface area contributed by atoms with Gasteiger partial charge in [0.1, 0.15) is 0 Å². The van der Waals surface area contributed by atoms with Crippen LogP contribution in [0.3, 0.4) is 0 Å². The molecule has 10 heteroatoms. The van der Waals surface area contributed by atoms with Crippen LogP contribution in [0.4, 0.5) is 0 Å². The minimum atomic E-state index is -4.08. The van der Waals surface area contributed by atoms with Crippen LogP contribution in [-0.4, -0.2) is 54.4 Å². The van der Waals surface area contributed by atoms with Crippen molar-refractivity contribution in [3.63, 3.8) is 0 Å². The Morgan fingerprint density at radius 2 is 1.43 bits per heavy atom. The molecule has 2 aromatic rings. The van der Waals surface area contributed by atoms with Gasteiger partial charge in [0, 0.05) is 28.7 Å². The Balaban J connectivity index is 1.83. The Morgan fingerprint density at radius 3 is 1.97 bits per heavy atom. The average molecular weight is 535 g/mol. The highest BCUT2D eigenvalue weighted by atomic mass is 35.5. The molecule has 35 heavy (non-hydrogen) atoms. The summed E-state index contributed by atoms with van der Waals surface area (Å²) in [6.45, 7) is 0.425. The van der Waals surface area contributed by atoms with Gasteiger partial charge in [-0.1, -0.05) is 47.5 Å². The fraction of sp³-hybridized carbons (Fsp3) is 0.280. The Kier molecular flexibility index (Phi) is 7.49. The number of amides is 1. The molecule has 0 unspecified atom stereocenters. The van der Waals surface area contributed by atoms with E-state index >= 15 is 0 Å². The van der Waals surface area contributed by atoms with Crippen molar-refractivity contribution in [1.82, 2.24) is 4.90 Å². The van der Waals surface area contributed by atoms with E-state index in [0.717, 1.165) is 11.1 Å².